The molecule has 88 valence electrons. The molecule has 1 heteroatoms. The lowest BCUT2D eigenvalue weighted by Crippen LogP contribution is -2.27. The van der Waals surface area contributed by atoms with Gasteiger partial charge in [0.05, 0.1) is 5.60 Å². The fourth-order valence-corrected chi connectivity index (χ4v) is 1.91. The third-order valence-corrected chi connectivity index (χ3v) is 2.84. The van der Waals surface area contributed by atoms with Crippen molar-refractivity contribution >= 4 is 6.08 Å². The number of benzene rings is 1. The highest BCUT2D eigenvalue weighted by molar-refractivity contribution is 5.54. The fourth-order valence-electron chi connectivity index (χ4n) is 1.91. The SMILES string of the molecule is C/C(=C\c1ccccc1)C(C)(O)CC(C)C. The summed E-state index contributed by atoms with van der Waals surface area (Å²) in [7, 11) is 0. The molecule has 1 unspecified atom stereocenters. The molecular weight excluding hydrogens is 196 g/mol. The average molecular weight is 218 g/mol. The Morgan fingerprint density at radius 3 is 2.38 bits per heavy atom. The van der Waals surface area contributed by atoms with Crippen LogP contribution >= 0.6 is 0 Å². The average Bonchev–Trinajstić information content (AvgIpc) is 2.17. The summed E-state index contributed by atoms with van der Waals surface area (Å²) in [5.74, 6) is 0.495. The molecule has 0 radical (unpaired) electrons. The molecule has 0 saturated heterocycles. The highest BCUT2D eigenvalue weighted by Crippen LogP contribution is 2.26. The Bertz CT molecular complexity index is 347. The van der Waals surface area contributed by atoms with Crippen LogP contribution in [-0.4, -0.2) is 10.7 Å². The van der Waals surface area contributed by atoms with Crippen molar-refractivity contribution in [1.82, 2.24) is 0 Å². The van der Waals surface area contributed by atoms with E-state index in [1.54, 1.807) is 0 Å². The summed E-state index contributed by atoms with van der Waals surface area (Å²) >= 11 is 0. The molecule has 0 bridgehead atoms. The Labute approximate surface area is 98.8 Å². The van der Waals surface area contributed by atoms with E-state index in [9.17, 15) is 5.11 Å². The van der Waals surface area contributed by atoms with E-state index in [-0.39, 0.29) is 0 Å². The van der Waals surface area contributed by atoms with Crippen LogP contribution < -0.4 is 0 Å². The first-order valence-electron chi connectivity index (χ1n) is 5.88. The van der Waals surface area contributed by atoms with E-state index >= 15 is 0 Å². The number of rotatable bonds is 4. The number of hydrogen-bond acceptors (Lipinski definition) is 1. The predicted octanol–water partition coefficient (Wildman–Crippen LogP) is 3.89. The van der Waals surface area contributed by atoms with Crippen LogP contribution in [-0.2, 0) is 0 Å². The van der Waals surface area contributed by atoms with Crippen molar-refractivity contribution in [1.29, 1.82) is 0 Å². The van der Waals surface area contributed by atoms with E-state index in [0.29, 0.717) is 5.92 Å². The molecule has 0 heterocycles. The van der Waals surface area contributed by atoms with Gasteiger partial charge in [-0.1, -0.05) is 50.3 Å². The van der Waals surface area contributed by atoms with E-state index in [2.05, 4.69) is 32.1 Å². The van der Waals surface area contributed by atoms with Gasteiger partial charge >= 0.3 is 0 Å². The molecular formula is C15H22O. The lowest BCUT2D eigenvalue weighted by molar-refractivity contribution is 0.0764. The molecule has 0 aliphatic heterocycles. The van der Waals surface area contributed by atoms with Crippen molar-refractivity contribution in [3.05, 3.63) is 41.5 Å². The topological polar surface area (TPSA) is 20.2 Å². The van der Waals surface area contributed by atoms with Gasteiger partial charge in [-0.2, -0.15) is 0 Å². The summed E-state index contributed by atoms with van der Waals surface area (Å²) in [5.41, 5.74) is 1.46. The van der Waals surface area contributed by atoms with Gasteiger partial charge < -0.3 is 5.11 Å². The van der Waals surface area contributed by atoms with E-state index in [0.717, 1.165) is 17.6 Å². The summed E-state index contributed by atoms with van der Waals surface area (Å²) in [6.45, 7) is 8.14. The van der Waals surface area contributed by atoms with Crippen molar-refractivity contribution in [2.75, 3.05) is 0 Å². The highest BCUT2D eigenvalue weighted by Gasteiger charge is 2.23. The predicted molar refractivity (Wildman–Crippen MR) is 70.2 cm³/mol. The second-order valence-corrected chi connectivity index (χ2v) is 5.11. The van der Waals surface area contributed by atoms with Gasteiger partial charge in [0.25, 0.3) is 0 Å². The van der Waals surface area contributed by atoms with Crippen molar-refractivity contribution < 1.29 is 5.11 Å². The van der Waals surface area contributed by atoms with Gasteiger partial charge in [-0.3, -0.25) is 0 Å². The van der Waals surface area contributed by atoms with E-state index < -0.39 is 5.60 Å². The molecule has 16 heavy (non-hydrogen) atoms. The smallest absolute Gasteiger partial charge is 0.0831 e. The second kappa shape index (κ2) is 5.31. The van der Waals surface area contributed by atoms with Crippen LogP contribution in [0.2, 0.25) is 0 Å². The van der Waals surface area contributed by atoms with Gasteiger partial charge in [-0.15, -0.1) is 0 Å². The number of aliphatic hydroxyl groups is 1. The van der Waals surface area contributed by atoms with Gasteiger partial charge in [0.2, 0.25) is 0 Å². The summed E-state index contributed by atoms with van der Waals surface area (Å²) in [6.07, 6.45) is 2.85. The minimum Gasteiger partial charge on any atom is -0.386 e. The zero-order chi connectivity index (χ0) is 12.2. The van der Waals surface area contributed by atoms with Crippen LogP contribution in [0.5, 0.6) is 0 Å². The molecule has 1 aromatic carbocycles. The summed E-state index contributed by atoms with van der Waals surface area (Å²) in [4.78, 5) is 0. The molecule has 0 fully saturated rings. The first-order chi connectivity index (χ1) is 7.42. The van der Waals surface area contributed by atoms with Gasteiger partial charge in [0.1, 0.15) is 0 Å². The largest absolute Gasteiger partial charge is 0.386 e. The van der Waals surface area contributed by atoms with Crippen LogP contribution in [0.1, 0.15) is 39.7 Å². The highest BCUT2D eigenvalue weighted by atomic mass is 16.3. The Morgan fingerprint density at radius 1 is 1.31 bits per heavy atom. The second-order valence-electron chi connectivity index (χ2n) is 5.11. The zero-order valence-corrected chi connectivity index (χ0v) is 10.7. The standard InChI is InChI=1S/C15H22O/c1-12(2)11-15(4,16)13(3)10-14-8-6-5-7-9-14/h5-10,12,16H,11H2,1-4H3/b13-10+. The lowest BCUT2D eigenvalue weighted by Gasteiger charge is -2.26. The van der Waals surface area contributed by atoms with E-state index in [1.807, 2.05) is 32.0 Å². The van der Waals surface area contributed by atoms with Crippen molar-refractivity contribution in [2.24, 2.45) is 5.92 Å². The van der Waals surface area contributed by atoms with Crippen molar-refractivity contribution in [2.45, 2.75) is 39.7 Å². The van der Waals surface area contributed by atoms with Crippen LogP contribution in [0.15, 0.2) is 35.9 Å². The molecule has 0 spiro atoms. The van der Waals surface area contributed by atoms with Gasteiger partial charge in [0, 0.05) is 0 Å². The monoisotopic (exact) mass is 218 g/mol. The molecule has 1 atom stereocenters. The van der Waals surface area contributed by atoms with Crippen molar-refractivity contribution in [3.8, 4) is 0 Å². The summed E-state index contributed by atoms with van der Waals surface area (Å²) in [5, 5.41) is 10.3. The summed E-state index contributed by atoms with van der Waals surface area (Å²) in [6, 6.07) is 10.1. The van der Waals surface area contributed by atoms with E-state index in [1.165, 1.54) is 0 Å². The maximum atomic E-state index is 10.3. The quantitative estimate of drug-likeness (QED) is 0.813. The molecule has 1 aromatic rings. The van der Waals surface area contributed by atoms with Crippen LogP contribution in [0.25, 0.3) is 6.08 Å². The maximum absolute atomic E-state index is 10.3. The Balaban J connectivity index is 2.84. The van der Waals surface area contributed by atoms with Gasteiger partial charge in [0.15, 0.2) is 0 Å². The van der Waals surface area contributed by atoms with Crippen LogP contribution in [0.4, 0.5) is 0 Å². The maximum Gasteiger partial charge on any atom is 0.0831 e. The molecule has 0 aliphatic carbocycles. The molecule has 1 rings (SSSR count). The van der Waals surface area contributed by atoms with Crippen molar-refractivity contribution in [3.63, 3.8) is 0 Å². The zero-order valence-electron chi connectivity index (χ0n) is 10.7. The Hall–Kier alpha value is -1.08. The minimum absolute atomic E-state index is 0.495. The van der Waals surface area contributed by atoms with Crippen LogP contribution in [0.3, 0.4) is 0 Å². The molecule has 0 aliphatic rings. The van der Waals surface area contributed by atoms with E-state index in [4.69, 9.17) is 0 Å². The Kier molecular flexibility index (Phi) is 4.31. The normalized spacial score (nSPS) is 16.2. The van der Waals surface area contributed by atoms with Gasteiger partial charge in [-0.25, -0.2) is 0 Å². The van der Waals surface area contributed by atoms with Gasteiger partial charge in [-0.05, 0) is 37.3 Å². The molecule has 0 saturated carbocycles. The minimum atomic E-state index is -0.704. The first-order valence-corrected chi connectivity index (χ1v) is 5.88. The summed E-state index contributed by atoms with van der Waals surface area (Å²) < 4.78 is 0. The first kappa shape index (κ1) is 13.0. The molecule has 1 N–H and O–H groups in total. The third kappa shape index (κ3) is 3.82. The molecule has 0 amide bonds. The lowest BCUT2D eigenvalue weighted by atomic mass is 9.87. The fraction of sp³-hybridized carbons (Fsp3) is 0.467. The molecule has 0 aromatic heterocycles. The third-order valence-electron chi connectivity index (χ3n) is 2.84. The molecule has 1 nitrogen and oxygen atoms in total. The number of hydrogen-bond donors (Lipinski definition) is 1. The van der Waals surface area contributed by atoms with Crippen LogP contribution in [0, 0.1) is 5.92 Å². The Morgan fingerprint density at radius 2 is 1.88 bits per heavy atom.